The molecular formula is C15H24F2N2. The second-order valence-corrected chi connectivity index (χ2v) is 5.05. The van der Waals surface area contributed by atoms with E-state index in [0.717, 1.165) is 18.9 Å². The molecule has 0 aromatic heterocycles. The summed E-state index contributed by atoms with van der Waals surface area (Å²) in [7, 11) is 0. The molecule has 0 spiro atoms. The maximum absolute atomic E-state index is 13.1. The van der Waals surface area contributed by atoms with Gasteiger partial charge in [-0.25, -0.2) is 8.78 Å². The van der Waals surface area contributed by atoms with Crippen LogP contribution in [0.3, 0.4) is 0 Å². The van der Waals surface area contributed by atoms with E-state index in [1.54, 1.807) is 0 Å². The molecule has 19 heavy (non-hydrogen) atoms. The highest BCUT2D eigenvalue weighted by molar-refractivity contribution is 5.18. The standard InChI is InChI=1S/C15H24F2N2/c1-2-3-4-5-6-7-15(19-18)10-12-8-13(16)11-14(17)9-12/h8-9,11,15,19H,2-7,10,18H2,1H3. The third-order valence-electron chi connectivity index (χ3n) is 3.30. The minimum absolute atomic E-state index is 0.0721. The average Bonchev–Trinajstić information content (AvgIpc) is 2.36. The van der Waals surface area contributed by atoms with Gasteiger partial charge in [0, 0.05) is 12.1 Å². The quantitative estimate of drug-likeness (QED) is 0.408. The second kappa shape index (κ2) is 8.99. The van der Waals surface area contributed by atoms with Gasteiger partial charge in [0.25, 0.3) is 0 Å². The van der Waals surface area contributed by atoms with E-state index in [1.165, 1.54) is 37.8 Å². The molecule has 0 heterocycles. The van der Waals surface area contributed by atoms with Crippen LogP contribution in [-0.2, 0) is 6.42 Å². The number of hydrogen-bond donors (Lipinski definition) is 2. The average molecular weight is 270 g/mol. The summed E-state index contributed by atoms with van der Waals surface area (Å²) in [6.45, 7) is 2.18. The van der Waals surface area contributed by atoms with E-state index in [-0.39, 0.29) is 6.04 Å². The summed E-state index contributed by atoms with van der Waals surface area (Å²) in [5, 5.41) is 0. The highest BCUT2D eigenvalue weighted by Crippen LogP contribution is 2.13. The topological polar surface area (TPSA) is 38.0 Å². The Morgan fingerprint density at radius 1 is 1.05 bits per heavy atom. The van der Waals surface area contributed by atoms with Crippen molar-refractivity contribution in [2.45, 2.75) is 57.9 Å². The van der Waals surface area contributed by atoms with Crippen LogP contribution < -0.4 is 11.3 Å². The molecule has 2 nitrogen and oxygen atoms in total. The first-order valence-corrected chi connectivity index (χ1v) is 7.06. The molecule has 4 heteroatoms. The van der Waals surface area contributed by atoms with Crippen LogP contribution in [0.15, 0.2) is 18.2 Å². The minimum atomic E-state index is -0.534. The number of nitrogens with one attached hydrogen (secondary N) is 1. The summed E-state index contributed by atoms with van der Waals surface area (Å²) in [6, 6.07) is 3.69. The van der Waals surface area contributed by atoms with Crippen LogP contribution in [0, 0.1) is 11.6 Å². The summed E-state index contributed by atoms with van der Waals surface area (Å²) in [6.07, 6.45) is 7.48. The van der Waals surface area contributed by atoms with Gasteiger partial charge in [0.15, 0.2) is 0 Å². The lowest BCUT2D eigenvalue weighted by molar-refractivity contribution is 0.459. The summed E-state index contributed by atoms with van der Waals surface area (Å²) >= 11 is 0. The third kappa shape index (κ3) is 6.64. The predicted octanol–water partition coefficient (Wildman–Crippen LogP) is 3.70. The van der Waals surface area contributed by atoms with Crippen molar-refractivity contribution < 1.29 is 8.78 Å². The third-order valence-corrected chi connectivity index (χ3v) is 3.30. The Hall–Kier alpha value is -1.00. The summed E-state index contributed by atoms with van der Waals surface area (Å²) in [5.41, 5.74) is 3.38. The molecule has 0 saturated heterocycles. The highest BCUT2D eigenvalue weighted by atomic mass is 19.1. The Kier molecular flexibility index (Phi) is 7.60. The lowest BCUT2D eigenvalue weighted by atomic mass is 10.00. The van der Waals surface area contributed by atoms with Crippen LogP contribution in [-0.4, -0.2) is 6.04 Å². The zero-order valence-corrected chi connectivity index (χ0v) is 11.6. The maximum atomic E-state index is 13.1. The molecule has 0 saturated carbocycles. The van der Waals surface area contributed by atoms with Crippen LogP contribution in [0.5, 0.6) is 0 Å². The van der Waals surface area contributed by atoms with Crippen LogP contribution in [0.2, 0.25) is 0 Å². The molecule has 0 aliphatic heterocycles. The van der Waals surface area contributed by atoms with Gasteiger partial charge < -0.3 is 0 Å². The van der Waals surface area contributed by atoms with Gasteiger partial charge in [0.1, 0.15) is 11.6 Å². The van der Waals surface area contributed by atoms with E-state index in [2.05, 4.69) is 12.3 Å². The molecule has 0 bridgehead atoms. The van der Waals surface area contributed by atoms with Gasteiger partial charge >= 0.3 is 0 Å². The van der Waals surface area contributed by atoms with Crippen LogP contribution in [0.25, 0.3) is 0 Å². The zero-order chi connectivity index (χ0) is 14.1. The van der Waals surface area contributed by atoms with Crippen molar-refractivity contribution in [1.82, 2.24) is 5.43 Å². The number of hydrogen-bond acceptors (Lipinski definition) is 2. The van der Waals surface area contributed by atoms with Crippen LogP contribution in [0.1, 0.15) is 51.0 Å². The van der Waals surface area contributed by atoms with E-state index >= 15 is 0 Å². The molecule has 1 aromatic carbocycles. The van der Waals surface area contributed by atoms with Crippen molar-refractivity contribution in [2.24, 2.45) is 5.84 Å². The van der Waals surface area contributed by atoms with E-state index in [9.17, 15) is 8.78 Å². The first-order valence-electron chi connectivity index (χ1n) is 7.06. The fourth-order valence-corrected chi connectivity index (χ4v) is 2.25. The molecule has 0 amide bonds. The van der Waals surface area contributed by atoms with Crippen molar-refractivity contribution in [2.75, 3.05) is 0 Å². The summed E-state index contributed by atoms with van der Waals surface area (Å²) < 4.78 is 26.2. The summed E-state index contributed by atoms with van der Waals surface area (Å²) in [5.74, 6) is 4.43. The molecule has 1 unspecified atom stereocenters. The smallest absolute Gasteiger partial charge is 0.126 e. The largest absolute Gasteiger partial charge is 0.271 e. The van der Waals surface area contributed by atoms with Crippen LogP contribution in [0.4, 0.5) is 8.78 Å². The fourth-order valence-electron chi connectivity index (χ4n) is 2.25. The molecule has 1 rings (SSSR count). The number of unbranched alkanes of at least 4 members (excludes halogenated alkanes) is 4. The predicted molar refractivity (Wildman–Crippen MR) is 74.5 cm³/mol. The van der Waals surface area contributed by atoms with Crippen LogP contribution >= 0.6 is 0 Å². The molecule has 3 N–H and O–H groups in total. The van der Waals surface area contributed by atoms with Gasteiger partial charge in [-0.3, -0.25) is 11.3 Å². The van der Waals surface area contributed by atoms with Gasteiger partial charge in [-0.1, -0.05) is 39.0 Å². The van der Waals surface area contributed by atoms with Crippen molar-refractivity contribution >= 4 is 0 Å². The molecule has 0 radical (unpaired) electrons. The van der Waals surface area contributed by atoms with Crippen molar-refractivity contribution in [1.29, 1.82) is 0 Å². The second-order valence-electron chi connectivity index (χ2n) is 5.05. The minimum Gasteiger partial charge on any atom is -0.271 e. The number of hydrazine groups is 1. The number of nitrogens with two attached hydrogens (primary N) is 1. The molecule has 0 aliphatic carbocycles. The number of rotatable bonds is 9. The lowest BCUT2D eigenvalue weighted by Gasteiger charge is -2.16. The Bertz CT molecular complexity index is 349. The first-order chi connectivity index (χ1) is 9.15. The summed E-state index contributed by atoms with van der Waals surface area (Å²) in [4.78, 5) is 0. The first kappa shape index (κ1) is 16.1. The van der Waals surface area contributed by atoms with E-state index in [0.29, 0.717) is 12.0 Å². The zero-order valence-electron chi connectivity index (χ0n) is 11.6. The van der Waals surface area contributed by atoms with Crippen molar-refractivity contribution in [3.8, 4) is 0 Å². The van der Waals surface area contributed by atoms with Gasteiger partial charge in [-0.15, -0.1) is 0 Å². The van der Waals surface area contributed by atoms with E-state index < -0.39 is 11.6 Å². The van der Waals surface area contributed by atoms with E-state index in [1.807, 2.05) is 0 Å². The SMILES string of the molecule is CCCCCCCC(Cc1cc(F)cc(F)c1)NN. The molecular weight excluding hydrogens is 246 g/mol. The van der Waals surface area contributed by atoms with Gasteiger partial charge in [-0.05, 0) is 30.5 Å². The Morgan fingerprint density at radius 2 is 1.68 bits per heavy atom. The Labute approximate surface area is 114 Å². The number of benzene rings is 1. The molecule has 1 atom stereocenters. The Balaban J connectivity index is 2.38. The van der Waals surface area contributed by atoms with E-state index in [4.69, 9.17) is 5.84 Å². The molecule has 108 valence electrons. The number of halogens is 2. The Morgan fingerprint density at radius 3 is 2.26 bits per heavy atom. The van der Waals surface area contributed by atoms with Gasteiger partial charge in [0.2, 0.25) is 0 Å². The highest BCUT2D eigenvalue weighted by Gasteiger charge is 2.09. The van der Waals surface area contributed by atoms with Crippen molar-refractivity contribution in [3.05, 3.63) is 35.4 Å². The van der Waals surface area contributed by atoms with Gasteiger partial charge in [0.05, 0.1) is 0 Å². The maximum Gasteiger partial charge on any atom is 0.126 e. The molecule has 0 aliphatic rings. The monoisotopic (exact) mass is 270 g/mol. The normalized spacial score (nSPS) is 12.6. The van der Waals surface area contributed by atoms with Gasteiger partial charge in [-0.2, -0.15) is 0 Å². The fraction of sp³-hybridized carbons (Fsp3) is 0.600. The lowest BCUT2D eigenvalue weighted by Crippen LogP contribution is -2.36. The molecule has 0 fully saturated rings. The van der Waals surface area contributed by atoms with Crippen molar-refractivity contribution in [3.63, 3.8) is 0 Å². The molecule has 1 aromatic rings.